The van der Waals surface area contributed by atoms with E-state index < -0.39 is 17.6 Å². The number of rotatable bonds is 4. The Labute approximate surface area is 210 Å². The highest BCUT2D eigenvalue weighted by Gasteiger charge is 2.24. The number of carbonyl (C=O) groups excluding carboxylic acids is 2. The lowest BCUT2D eigenvalue weighted by atomic mass is 10.0. The zero-order chi connectivity index (χ0) is 25.9. The van der Waals surface area contributed by atoms with Crippen LogP contribution in [0.1, 0.15) is 43.1 Å². The van der Waals surface area contributed by atoms with E-state index in [1.165, 1.54) is 0 Å². The molecule has 1 fully saturated rings. The molecule has 3 heterocycles. The van der Waals surface area contributed by atoms with Crippen molar-refractivity contribution < 1.29 is 19.1 Å². The van der Waals surface area contributed by atoms with E-state index in [0.717, 1.165) is 36.5 Å². The minimum absolute atomic E-state index is 0.150. The molecule has 3 aromatic rings. The molecule has 4 rings (SSSR count). The number of terminal acetylenes is 1. The third-order valence-corrected chi connectivity index (χ3v) is 5.75. The summed E-state index contributed by atoms with van der Waals surface area (Å²) in [6.45, 7) is 6.76. The molecule has 1 aliphatic heterocycles. The molecule has 2 aromatic heterocycles. The number of pyridine rings is 2. The number of nitrogens with zero attached hydrogens (tertiary/aromatic N) is 3. The third kappa shape index (κ3) is 5.73. The standard InChI is InChI=1S/C27H29N5O4/c1-6-17-7-9-18(10-8-17)22-13-20(25(33)30-31-26(34)36-27(2,3)4)21-15-28-24(14-23(21)29-22)32-12-11-19(16-32)35-5/h1,7-10,13-15,19H,11-12,16H2,2-5H3,(H,30,33)(H,31,34). The van der Waals surface area contributed by atoms with Gasteiger partial charge in [-0.25, -0.2) is 20.2 Å². The smallest absolute Gasteiger partial charge is 0.426 e. The van der Waals surface area contributed by atoms with Gasteiger partial charge in [0.2, 0.25) is 0 Å². The van der Waals surface area contributed by atoms with Crippen LogP contribution in [0.5, 0.6) is 0 Å². The van der Waals surface area contributed by atoms with E-state index in [9.17, 15) is 9.59 Å². The van der Waals surface area contributed by atoms with Crippen LogP contribution >= 0.6 is 0 Å². The van der Waals surface area contributed by atoms with Crippen LogP contribution in [0.15, 0.2) is 42.6 Å². The van der Waals surface area contributed by atoms with Crippen molar-refractivity contribution in [2.45, 2.75) is 38.9 Å². The summed E-state index contributed by atoms with van der Waals surface area (Å²) in [6.07, 6.45) is 7.41. The van der Waals surface area contributed by atoms with Crippen molar-refractivity contribution in [1.29, 1.82) is 0 Å². The molecule has 2 amide bonds. The monoisotopic (exact) mass is 487 g/mol. The van der Waals surface area contributed by atoms with E-state index in [0.29, 0.717) is 22.2 Å². The van der Waals surface area contributed by atoms with Gasteiger partial charge in [-0.05, 0) is 45.4 Å². The second-order valence-electron chi connectivity index (χ2n) is 9.51. The van der Waals surface area contributed by atoms with E-state index in [2.05, 4.69) is 26.7 Å². The van der Waals surface area contributed by atoms with E-state index >= 15 is 0 Å². The van der Waals surface area contributed by atoms with E-state index in [4.69, 9.17) is 20.9 Å². The predicted octanol–water partition coefficient (Wildman–Crippen LogP) is 3.67. The van der Waals surface area contributed by atoms with Crippen molar-refractivity contribution >= 4 is 28.7 Å². The van der Waals surface area contributed by atoms with Crippen LogP contribution in [0.3, 0.4) is 0 Å². The molecule has 1 atom stereocenters. The fourth-order valence-electron chi connectivity index (χ4n) is 3.96. The molecular weight excluding hydrogens is 458 g/mol. The number of amides is 2. The molecular formula is C27H29N5O4. The first kappa shape index (κ1) is 24.9. The fraction of sp³-hybridized carbons (Fsp3) is 0.333. The molecule has 9 nitrogen and oxygen atoms in total. The van der Waals surface area contributed by atoms with Gasteiger partial charge < -0.3 is 14.4 Å². The summed E-state index contributed by atoms with van der Waals surface area (Å²) in [5, 5.41) is 0.550. The van der Waals surface area contributed by atoms with Crippen molar-refractivity contribution in [2.75, 3.05) is 25.1 Å². The Bertz CT molecular complexity index is 1320. The van der Waals surface area contributed by atoms with Gasteiger partial charge in [-0.15, -0.1) is 6.42 Å². The number of carbonyl (C=O) groups is 2. The van der Waals surface area contributed by atoms with Gasteiger partial charge in [0.05, 0.1) is 22.9 Å². The maximum absolute atomic E-state index is 13.1. The maximum atomic E-state index is 13.1. The highest BCUT2D eigenvalue weighted by molar-refractivity contribution is 6.07. The molecule has 0 spiro atoms. The van der Waals surface area contributed by atoms with Crippen LogP contribution in [0, 0.1) is 12.3 Å². The van der Waals surface area contributed by atoms with Crippen molar-refractivity contribution in [2.24, 2.45) is 0 Å². The van der Waals surface area contributed by atoms with Gasteiger partial charge in [0.1, 0.15) is 11.4 Å². The number of anilines is 1. The summed E-state index contributed by atoms with van der Waals surface area (Å²) in [4.78, 5) is 36.7. The quantitative estimate of drug-likeness (QED) is 0.427. The fourth-order valence-corrected chi connectivity index (χ4v) is 3.96. The highest BCUT2D eigenvalue weighted by Crippen LogP contribution is 2.28. The number of ether oxygens (including phenoxy) is 2. The summed E-state index contributed by atoms with van der Waals surface area (Å²) < 4.78 is 10.7. The molecule has 1 saturated heterocycles. The average Bonchev–Trinajstić information content (AvgIpc) is 3.35. The summed E-state index contributed by atoms with van der Waals surface area (Å²) in [6, 6.07) is 10.9. The maximum Gasteiger partial charge on any atom is 0.426 e. The van der Waals surface area contributed by atoms with E-state index in [-0.39, 0.29) is 6.10 Å². The van der Waals surface area contributed by atoms with Gasteiger partial charge in [0.15, 0.2) is 0 Å². The largest absolute Gasteiger partial charge is 0.443 e. The Morgan fingerprint density at radius 1 is 1.17 bits per heavy atom. The Hall–Kier alpha value is -4.16. The van der Waals surface area contributed by atoms with Gasteiger partial charge in [-0.2, -0.15) is 0 Å². The predicted molar refractivity (Wildman–Crippen MR) is 137 cm³/mol. The zero-order valence-corrected chi connectivity index (χ0v) is 20.8. The molecule has 2 N–H and O–H groups in total. The first-order chi connectivity index (χ1) is 17.2. The number of aromatic nitrogens is 2. The number of benzene rings is 1. The van der Waals surface area contributed by atoms with Gasteiger partial charge in [-0.1, -0.05) is 18.1 Å². The Kier molecular flexibility index (Phi) is 7.08. The van der Waals surface area contributed by atoms with E-state index in [1.807, 2.05) is 30.3 Å². The third-order valence-electron chi connectivity index (χ3n) is 5.75. The second kappa shape index (κ2) is 10.2. The number of hydrogen-bond acceptors (Lipinski definition) is 7. The summed E-state index contributed by atoms with van der Waals surface area (Å²) in [7, 11) is 1.71. The molecule has 186 valence electrons. The lowest BCUT2D eigenvalue weighted by Gasteiger charge is -2.20. The minimum atomic E-state index is -0.763. The van der Waals surface area contributed by atoms with Gasteiger partial charge >= 0.3 is 6.09 Å². The van der Waals surface area contributed by atoms with Crippen molar-refractivity contribution in [3.8, 4) is 23.6 Å². The second-order valence-corrected chi connectivity index (χ2v) is 9.51. The molecule has 0 radical (unpaired) electrons. The molecule has 36 heavy (non-hydrogen) atoms. The van der Waals surface area contributed by atoms with Crippen LogP contribution in [0.25, 0.3) is 22.2 Å². The van der Waals surface area contributed by atoms with Crippen molar-refractivity contribution in [3.63, 3.8) is 0 Å². The minimum Gasteiger partial charge on any atom is -0.443 e. The first-order valence-electron chi connectivity index (χ1n) is 11.6. The molecule has 0 bridgehead atoms. The Morgan fingerprint density at radius 2 is 1.92 bits per heavy atom. The highest BCUT2D eigenvalue weighted by atomic mass is 16.6. The van der Waals surface area contributed by atoms with Crippen LogP contribution in [0.2, 0.25) is 0 Å². The zero-order valence-electron chi connectivity index (χ0n) is 20.8. The lowest BCUT2D eigenvalue weighted by molar-refractivity contribution is 0.0483. The summed E-state index contributed by atoms with van der Waals surface area (Å²) in [5.74, 6) is 2.83. The molecule has 1 unspecified atom stereocenters. The van der Waals surface area contributed by atoms with Gasteiger partial charge in [-0.3, -0.25) is 10.2 Å². The Balaban J connectivity index is 1.70. The van der Waals surface area contributed by atoms with Crippen LogP contribution in [-0.4, -0.2) is 53.9 Å². The number of hydrogen-bond donors (Lipinski definition) is 2. The van der Waals surface area contributed by atoms with Crippen molar-refractivity contribution in [1.82, 2.24) is 20.8 Å². The molecule has 9 heteroatoms. The summed E-state index contributed by atoms with van der Waals surface area (Å²) >= 11 is 0. The first-order valence-corrected chi connectivity index (χ1v) is 11.6. The van der Waals surface area contributed by atoms with Crippen molar-refractivity contribution in [3.05, 3.63) is 53.7 Å². The van der Waals surface area contributed by atoms with Crippen LogP contribution in [-0.2, 0) is 9.47 Å². The number of hydrazine groups is 1. The molecule has 1 aliphatic rings. The molecule has 1 aromatic carbocycles. The number of fused-ring (bicyclic) bond motifs is 1. The SMILES string of the molecule is C#Cc1ccc(-c2cc(C(=O)NNC(=O)OC(C)(C)C)c3cnc(N4CCC(OC)C4)cc3n2)cc1. The van der Waals surface area contributed by atoms with Gasteiger partial charge in [0.25, 0.3) is 5.91 Å². The average molecular weight is 488 g/mol. The number of methoxy groups -OCH3 is 1. The normalized spacial score (nSPS) is 15.4. The lowest BCUT2D eigenvalue weighted by Crippen LogP contribution is -2.44. The van der Waals surface area contributed by atoms with Gasteiger partial charge in [0, 0.05) is 49.0 Å². The van der Waals surface area contributed by atoms with Crippen LogP contribution in [0.4, 0.5) is 10.6 Å². The summed E-state index contributed by atoms with van der Waals surface area (Å²) in [5.41, 5.74) is 7.05. The Morgan fingerprint density at radius 3 is 2.56 bits per heavy atom. The molecule has 0 aliphatic carbocycles. The van der Waals surface area contributed by atoms with Crippen LogP contribution < -0.4 is 15.8 Å². The topological polar surface area (TPSA) is 106 Å². The van der Waals surface area contributed by atoms with E-state index in [1.54, 1.807) is 40.1 Å². The number of nitrogens with one attached hydrogen (secondary N) is 2. The molecule has 0 saturated carbocycles.